The number of likely N-dealkylation sites (N-methyl/N-ethyl adjacent to an activating group) is 1. The van der Waals surface area contributed by atoms with E-state index in [1.807, 2.05) is 35.6 Å². The molecule has 9 heteroatoms. The van der Waals surface area contributed by atoms with Crippen molar-refractivity contribution >= 4 is 47.2 Å². The van der Waals surface area contributed by atoms with E-state index >= 15 is 0 Å². The molecule has 0 fully saturated rings. The van der Waals surface area contributed by atoms with E-state index in [1.165, 1.54) is 34.8 Å². The van der Waals surface area contributed by atoms with Crippen LogP contribution in [0.2, 0.25) is 0 Å². The SMILES string of the molecule is COc1ccc(CN=C(NCCc2nc3c(s2)CCCC3)NCC(=O)N(C)C)cc1.I. The smallest absolute Gasteiger partial charge is 0.241 e. The van der Waals surface area contributed by atoms with Crippen LogP contribution >= 0.6 is 35.3 Å². The Balaban J connectivity index is 0.00000341. The largest absolute Gasteiger partial charge is 0.497 e. The number of rotatable bonds is 8. The number of carbonyl (C=O) groups excluding carboxylic acids is 1. The molecule has 0 spiro atoms. The highest BCUT2D eigenvalue weighted by atomic mass is 127. The summed E-state index contributed by atoms with van der Waals surface area (Å²) < 4.78 is 5.20. The molecule has 170 valence electrons. The number of thiazole rings is 1. The van der Waals surface area contributed by atoms with Crippen molar-refractivity contribution < 1.29 is 9.53 Å². The minimum Gasteiger partial charge on any atom is -0.497 e. The maximum Gasteiger partial charge on any atom is 0.241 e. The Labute approximate surface area is 205 Å². The van der Waals surface area contributed by atoms with Gasteiger partial charge in [0.15, 0.2) is 5.96 Å². The lowest BCUT2D eigenvalue weighted by Crippen LogP contribution is -2.43. The molecular formula is C22H32IN5O2S. The third-order valence-corrected chi connectivity index (χ3v) is 6.22. The Morgan fingerprint density at radius 1 is 1.19 bits per heavy atom. The van der Waals surface area contributed by atoms with Crippen LogP contribution in [0, 0.1) is 0 Å². The first-order valence-electron chi connectivity index (χ1n) is 10.4. The molecule has 0 bridgehead atoms. The van der Waals surface area contributed by atoms with Gasteiger partial charge in [0.05, 0.1) is 30.9 Å². The van der Waals surface area contributed by atoms with Crippen molar-refractivity contribution in [1.82, 2.24) is 20.5 Å². The zero-order chi connectivity index (χ0) is 21.3. The fourth-order valence-electron chi connectivity index (χ4n) is 3.19. The van der Waals surface area contributed by atoms with Crippen molar-refractivity contribution in [3.63, 3.8) is 0 Å². The van der Waals surface area contributed by atoms with Crippen molar-refractivity contribution in [1.29, 1.82) is 0 Å². The molecular weight excluding hydrogens is 525 g/mol. The number of aliphatic imine (C=N–C) groups is 1. The Morgan fingerprint density at radius 2 is 1.94 bits per heavy atom. The predicted molar refractivity (Wildman–Crippen MR) is 137 cm³/mol. The molecule has 1 aliphatic carbocycles. The van der Waals surface area contributed by atoms with Crippen LogP contribution in [0.3, 0.4) is 0 Å². The summed E-state index contributed by atoms with van der Waals surface area (Å²) in [5.41, 5.74) is 2.37. The van der Waals surface area contributed by atoms with Crippen LogP contribution in [-0.4, -0.2) is 56.0 Å². The Bertz CT molecular complexity index is 844. The van der Waals surface area contributed by atoms with Crippen LogP contribution in [0.25, 0.3) is 0 Å². The molecule has 31 heavy (non-hydrogen) atoms. The van der Waals surface area contributed by atoms with Crippen LogP contribution in [0.4, 0.5) is 0 Å². The number of amides is 1. The van der Waals surface area contributed by atoms with Gasteiger partial charge >= 0.3 is 0 Å². The monoisotopic (exact) mass is 557 g/mol. The zero-order valence-electron chi connectivity index (χ0n) is 18.4. The van der Waals surface area contributed by atoms with Gasteiger partial charge in [-0.15, -0.1) is 35.3 Å². The molecule has 0 saturated heterocycles. The maximum absolute atomic E-state index is 12.0. The van der Waals surface area contributed by atoms with Gasteiger partial charge in [-0.2, -0.15) is 0 Å². The molecule has 3 rings (SSSR count). The topological polar surface area (TPSA) is 78.8 Å². The minimum absolute atomic E-state index is 0. The summed E-state index contributed by atoms with van der Waals surface area (Å²) in [5.74, 6) is 1.45. The van der Waals surface area contributed by atoms with Gasteiger partial charge in [-0.3, -0.25) is 4.79 Å². The van der Waals surface area contributed by atoms with E-state index < -0.39 is 0 Å². The molecule has 1 aliphatic rings. The van der Waals surface area contributed by atoms with E-state index in [1.54, 1.807) is 26.1 Å². The zero-order valence-corrected chi connectivity index (χ0v) is 21.6. The van der Waals surface area contributed by atoms with Crippen molar-refractivity contribution in [2.24, 2.45) is 4.99 Å². The molecule has 1 aromatic heterocycles. The van der Waals surface area contributed by atoms with Crippen molar-refractivity contribution in [3.05, 3.63) is 45.4 Å². The summed E-state index contributed by atoms with van der Waals surface area (Å²) in [6.07, 6.45) is 5.66. The lowest BCUT2D eigenvalue weighted by atomic mass is 10.0. The van der Waals surface area contributed by atoms with Crippen LogP contribution < -0.4 is 15.4 Å². The summed E-state index contributed by atoms with van der Waals surface area (Å²) in [6, 6.07) is 7.83. The van der Waals surface area contributed by atoms with Gasteiger partial charge in [0.1, 0.15) is 5.75 Å². The van der Waals surface area contributed by atoms with Gasteiger partial charge in [-0.1, -0.05) is 12.1 Å². The molecule has 0 radical (unpaired) electrons. The van der Waals surface area contributed by atoms with Gasteiger partial charge in [0.2, 0.25) is 5.91 Å². The Morgan fingerprint density at radius 3 is 2.61 bits per heavy atom. The number of halogens is 1. The second-order valence-corrected chi connectivity index (χ2v) is 8.68. The number of methoxy groups -OCH3 is 1. The molecule has 0 atom stereocenters. The highest BCUT2D eigenvalue weighted by Crippen LogP contribution is 2.26. The first-order chi connectivity index (χ1) is 14.5. The van der Waals surface area contributed by atoms with Crippen molar-refractivity contribution in [2.75, 3.05) is 34.3 Å². The fourth-order valence-corrected chi connectivity index (χ4v) is 4.35. The number of benzene rings is 1. The van der Waals surface area contributed by atoms with E-state index in [0.717, 1.165) is 30.7 Å². The second-order valence-electron chi connectivity index (χ2n) is 7.52. The predicted octanol–water partition coefficient (Wildman–Crippen LogP) is 3.01. The number of ether oxygens (including phenoxy) is 1. The maximum atomic E-state index is 12.0. The number of aromatic nitrogens is 1. The third-order valence-electron chi connectivity index (χ3n) is 5.01. The van der Waals surface area contributed by atoms with E-state index in [0.29, 0.717) is 12.5 Å². The van der Waals surface area contributed by atoms with Crippen molar-refractivity contribution in [3.8, 4) is 5.75 Å². The van der Waals surface area contributed by atoms with Gasteiger partial charge in [-0.25, -0.2) is 9.98 Å². The van der Waals surface area contributed by atoms with E-state index in [-0.39, 0.29) is 36.4 Å². The molecule has 1 aromatic carbocycles. The number of nitrogens with zero attached hydrogens (tertiary/aromatic N) is 3. The summed E-state index contributed by atoms with van der Waals surface area (Å²) in [6.45, 7) is 1.44. The summed E-state index contributed by atoms with van der Waals surface area (Å²) in [5, 5.41) is 7.65. The third kappa shape index (κ3) is 7.95. The average Bonchev–Trinajstić information content (AvgIpc) is 3.18. The minimum atomic E-state index is 0. The number of hydrogen-bond donors (Lipinski definition) is 2. The first kappa shape index (κ1) is 25.4. The van der Waals surface area contributed by atoms with Crippen LogP contribution in [0.5, 0.6) is 5.75 Å². The lowest BCUT2D eigenvalue weighted by molar-refractivity contribution is -0.127. The number of guanidine groups is 1. The number of fused-ring (bicyclic) bond motifs is 1. The summed E-state index contributed by atoms with van der Waals surface area (Å²) in [4.78, 5) is 24.4. The number of carbonyl (C=O) groups is 1. The summed E-state index contributed by atoms with van der Waals surface area (Å²) in [7, 11) is 5.14. The quantitative estimate of drug-likeness (QED) is 0.297. The number of hydrogen-bond acceptors (Lipinski definition) is 5. The van der Waals surface area contributed by atoms with Gasteiger partial charge in [0, 0.05) is 31.9 Å². The molecule has 1 amide bonds. The molecule has 2 aromatic rings. The molecule has 0 aliphatic heterocycles. The molecule has 0 unspecified atom stereocenters. The fraction of sp³-hybridized carbons (Fsp3) is 0.500. The number of nitrogens with one attached hydrogen (secondary N) is 2. The molecule has 1 heterocycles. The van der Waals surface area contributed by atoms with E-state index in [2.05, 4.69) is 15.6 Å². The Kier molecular flexibility index (Phi) is 10.5. The molecule has 2 N–H and O–H groups in total. The van der Waals surface area contributed by atoms with E-state index in [4.69, 9.17) is 9.72 Å². The normalized spacial score (nSPS) is 13.1. The second kappa shape index (κ2) is 12.8. The van der Waals surface area contributed by atoms with Crippen LogP contribution in [-0.2, 0) is 30.6 Å². The van der Waals surface area contributed by atoms with Gasteiger partial charge < -0.3 is 20.3 Å². The molecule has 0 saturated carbocycles. The van der Waals surface area contributed by atoms with Crippen LogP contribution in [0.15, 0.2) is 29.3 Å². The van der Waals surface area contributed by atoms with E-state index in [9.17, 15) is 4.79 Å². The van der Waals surface area contributed by atoms with Gasteiger partial charge in [-0.05, 0) is 43.4 Å². The average molecular weight is 558 g/mol. The highest BCUT2D eigenvalue weighted by Gasteiger charge is 2.15. The highest BCUT2D eigenvalue weighted by molar-refractivity contribution is 14.0. The van der Waals surface area contributed by atoms with Crippen molar-refractivity contribution in [2.45, 2.75) is 38.6 Å². The molecule has 7 nitrogen and oxygen atoms in total. The standard InChI is InChI=1S/C22H31N5O2S.HI/c1-27(2)21(28)15-25-22(24-14-16-8-10-17(29-3)11-9-16)23-13-12-20-26-18-6-4-5-7-19(18)30-20;/h8-11H,4-7,12-15H2,1-3H3,(H2,23,24,25);1H. The summed E-state index contributed by atoms with van der Waals surface area (Å²) >= 11 is 1.84. The number of aryl methyl sites for hydroxylation is 2. The van der Waals surface area contributed by atoms with Gasteiger partial charge in [0.25, 0.3) is 0 Å². The lowest BCUT2D eigenvalue weighted by Gasteiger charge is -2.15. The van der Waals surface area contributed by atoms with Crippen LogP contribution in [0.1, 0.15) is 34.0 Å². The first-order valence-corrected chi connectivity index (χ1v) is 11.2. The Hall–Kier alpha value is -1.88.